The maximum atomic E-state index is 12.9. The molecule has 4 rings (SSSR count). The fraction of sp³-hybridized carbons (Fsp3) is 0.478. The van der Waals surface area contributed by atoms with Crippen LogP contribution in [0.15, 0.2) is 22.7 Å². The van der Waals surface area contributed by atoms with E-state index in [2.05, 4.69) is 27.0 Å². The van der Waals surface area contributed by atoms with Crippen molar-refractivity contribution in [2.24, 2.45) is 0 Å². The minimum Gasteiger partial charge on any atom is -0.465 e. The summed E-state index contributed by atoms with van der Waals surface area (Å²) >= 11 is 4.51. The number of thioether (sulfide) groups is 1. The minimum absolute atomic E-state index is 0.164. The molecule has 0 saturated carbocycles. The molecule has 0 saturated heterocycles. The van der Waals surface area contributed by atoms with Crippen LogP contribution in [-0.2, 0) is 28.9 Å². The Morgan fingerprint density at radius 3 is 2.76 bits per heavy atom. The molecule has 0 radical (unpaired) electrons. The van der Waals surface area contributed by atoms with E-state index in [0.29, 0.717) is 10.6 Å². The molecule has 1 aliphatic rings. The summed E-state index contributed by atoms with van der Waals surface area (Å²) in [4.78, 5) is 27.7. The van der Waals surface area contributed by atoms with E-state index in [-0.39, 0.29) is 17.6 Å². The number of carbonyl (C=O) groups excluding carboxylic acids is 2. The van der Waals surface area contributed by atoms with Gasteiger partial charge in [0.2, 0.25) is 5.91 Å². The Labute approximate surface area is 206 Å². The number of rotatable bonds is 8. The molecule has 0 aliphatic heterocycles. The number of thiophene rings is 2. The van der Waals surface area contributed by atoms with Crippen molar-refractivity contribution in [2.45, 2.75) is 63.6 Å². The molecule has 0 fully saturated rings. The van der Waals surface area contributed by atoms with E-state index < -0.39 is 0 Å². The van der Waals surface area contributed by atoms with Gasteiger partial charge in [0.25, 0.3) is 0 Å². The lowest BCUT2D eigenvalue weighted by molar-refractivity contribution is -0.113. The van der Waals surface area contributed by atoms with E-state index in [9.17, 15) is 9.59 Å². The number of amides is 1. The van der Waals surface area contributed by atoms with Crippen LogP contribution in [0.5, 0.6) is 0 Å². The van der Waals surface area contributed by atoms with Gasteiger partial charge < -0.3 is 14.6 Å². The standard InChI is InChI=1S/C23H28N4O3S3/c1-3-12-27-20(17-11-8-13-31-17)25-26-23(27)32-14-18(28)24-21-19(22(29)30-2)15-9-6-4-5-7-10-16(15)33-21/h8,11,13H,3-7,9-10,12,14H2,1-2H3,(H,24,28). The zero-order valence-electron chi connectivity index (χ0n) is 18.9. The summed E-state index contributed by atoms with van der Waals surface area (Å²) in [5, 5.41) is 15.0. The largest absolute Gasteiger partial charge is 0.465 e. The maximum absolute atomic E-state index is 12.9. The second kappa shape index (κ2) is 11.3. The highest BCUT2D eigenvalue weighted by Crippen LogP contribution is 2.38. The lowest BCUT2D eigenvalue weighted by atomic mass is 9.96. The molecule has 0 unspecified atom stereocenters. The maximum Gasteiger partial charge on any atom is 0.341 e. The number of nitrogens with one attached hydrogen (secondary N) is 1. The van der Waals surface area contributed by atoms with Crippen LogP contribution in [0, 0.1) is 0 Å². The summed E-state index contributed by atoms with van der Waals surface area (Å²) in [6.45, 7) is 2.89. The summed E-state index contributed by atoms with van der Waals surface area (Å²) in [5.41, 5.74) is 1.59. The monoisotopic (exact) mass is 504 g/mol. The number of anilines is 1. The van der Waals surface area contributed by atoms with Gasteiger partial charge in [-0.3, -0.25) is 4.79 Å². The van der Waals surface area contributed by atoms with Gasteiger partial charge >= 0.3 is 5.97 Å². The van der Waals surface area contributed by atoms with Crippen molar-refractivity contribution in [1.82, 2.24) is 14.8 Å². The fourth-order valence-electron chi connectivity index (χ4n) is 4.03. The van der Waals surface area contributed by atoms with Crippen LogP contribution in [0.25, 0.3) is 10.7 Å². The molecule has 3 aromatic heterocycles. The number of esters is 1. The molecular weight excluding hydrogens is 476 g/mol. The van der Waals surface area contributed by atoms with Gasteiger partial charge in [0, 0.05) is 11.4 Å². The Bertz CT molecular complexity index is 1100. The fourth-order valence-corrected chi connectivity index (χ4v) is 6.80. The third kappa shape index (κ3) is 5.50. The lowest BCUT2D eigenvalue weighted by Crippen LogP contribution is -2.17. The smallest absolute Gasteiger partial charge is 0.341 e. The van der Waals surface area contributed by atoms with Crippen molar-refractivity contribution in [2.75, 3.05) is 18.2 Å². The Kier molecular flexibility index (Phi) is 8.21. The second-order valence-electron chi connectivity index (χ2n) is 7.89. The molecule has 1 amide bonds. The van der Waals surface area contributed by atoms with Gasteiger partial charge in [-0.05, 0) is 49.1 Å². The van der Waals surface area contributed by atoms with E-state index in [1.807, 2.05) is 17.5 Å². The molecule has 3 heterocycles. The average molecular weight is 505 g/mol. The molecule has 1 N–H and O–H groups in total. The first-order chi connectivity index (χ1) is 16.1. The molecular formula is C23H28N4O3S3. The van der Waals surface area contributed by atoms with Gasteiger partial charge in [-0.15, -0.1) is 32.9 Å². The quantitative estimate of drug-likeness (QED) is 0.315. The lowest BCUT2D eigenvalue weighted by Gasteiger charge is -2.11. The SMILES string of the molecule is CCCn1c(SCC(=O)Nc2sc3c(c2C(=O)OC)CCCCCC3)nnc1-c1cccs1. The summed E-state index contributed by atoms with van der Waals surface area (Å²) in [7, 11) is 1.39. The molecule has 33 heavy (non-hydrogen) atoms. The zero-order valence-corrected chi connectivity index (χ0v) is 21.3. The number of hydrogen-bond donors (Lipinski definition) is 1. The number of aromatic nitrogens is 3. The predicted octanol–water partition coefficient (Wildman–Crippen LogP) is 5.65. The van der Waals surface area contributed by atoms with Crippen LogP contribution in [0.2, 0.25) is 0 Å². The first-order valence-corrected chi connectivity index (χ1v) is 13.9. The summed E-state index contributed by atoms with van der Waals surface area (Å²) < 4.78 is 7.13. The van der Waals surface area contributed by atoms with E-state index in [1.165, 1.54) is 47.9 Å². The highest BCUT2D eigenvalue weighted by atomic mass is 32.2. The Morgan fingerprint density at radius 2 is 2.03 bits per heavy atom. The number of hydrogen-bond acceptors (Lipinski definition) is 8. The van der Waals surface area contributed by atoms with Crippen molar-refractivity contribution in [3.8, 4) is 10.7 Å². The van der Waals surface area contributed by atoms with Crippen LogP contribution in [0.4, 0.5) is 5.00 Å². The molecule has 0 aromatic carbocycles. The van der Waals surface area contributed by atoms with Crippen molar-refractivity contribution in [3.63, 3.8) is 0 Å². The predicted molar refractivity (Wildman–Crippen MR) is 135 cm³/mol. The zero-order chi connectivity index (χ0) is 23.2. The van der Waals surface area contributed by atoms with Crippen molar-refractivity contribution in [3.05, 3.63) is 33.5 Å². The molecule has 7 nitrogen and oxygen atoms in total. The van der Waals surface area contributed by atoms with Crippen molar-refractivity contribution >= 4 is 51.3 Å². The normalized spacial score (nSPS) is 13.8. The molecule has 10 heteroatoms. The number of carbonyl (C=O) groups is 2. The molecule has 0 spiro atoms. The van der Waals surface area contributed by atoms with Crippen LogP contribution >= 0.6 is 34.4 Å². The number of aryl methyl sites for hydroxylation is 1. The van der Waals surface area contributed by atoms with Crippen LogP contribution in [0.1, 0.15) is 59.8 Å². The average Bonchev–Trinajstić information content (AvgIpc) is 3.52. The highest BCUT2D eigenvalue weighted by Gasteiger charge is 2.26. The first-order valence-electron chi connectivity index (χ1n) is 11.2. The van der Waals surface area contributed by atoms with Gasteiger partial charge in [-0.2, -0.15) is 0 Å². The third-order valence-corrected chi connectivity index (χ3v) is 8.59. The van der Waals surface area contributed by atoms with Crippen molar-refractivity contribution in [1.29, 1.82) is 0 Å². The van der Waals surface area contributed by atoms with E-state index in [1.54, 1.807) is 11.3 Å². The van der Waals surface area contributed by atoms with Crippen molar-refractivity contribution < 1.29 is 14.3 Å². The summed E-state index contributed by atoms with van der Waals surface area (Å²) in [6, 6.07) is 4.02. The van der Waals surface area contributed by atoms with E-state index in [0.717, 1.165) is 60.1 Å². The molecule has 176 valence electrons. The number of methoxy groups -OCH3 is 1. The second-order valence-corrected chi connectivity index (χ2v) is 10.9. The summed E-state index contributed by atoms with van der Waals surface area (Å²) in [6.07, 6.45) is 7.27. The molecule has 1 aliphatic carbocycles. The third-order valence-electron chi connectivity index (χ3n) is 5.55. The minimum atomic E-state index is -0.376. The number of nitrogens with zero attached hydrogens (tertiary/aromatic N) is 3. The van der Waals surface area contributed by atoms with Gasteiger partial charge in [-0.1, -0.05) is 37.6 Å². The van der Waals surface area contributed by atoms with Gasteiger partial charge in [-0.25, -0.2) is 4.79 Å². The molecule has 3 aromatic rings. The Balaban J connectivity index is 1.49. The molecule has 0 bridgehead atoms. The topological polar surface area (TPSA) is 86.1 Å². The number of ether oxygens (including phenoxy) is 1. The van der Waals surface area contributed by atoms with Crippen LogP contribution in [-0.4, -0.2) is 39.5 Å². The first kappa shape index (κ1) is 24.0. The van der Waals surface area contributed by atoms with Gasteiger partial charge in [0.05, 0.1) is 23.3 Å². The summed E-state index contributed by atoms with van der Waals surface area (Å²) in [5.74, 6) is 0.485. The Hall–Kier alpha value is -2.17. The van der Waals surface area contributed by atoms with E-state index >= 15 is 0 Å². The van der Waals surface area contributed by atoms with Crippen LogP contribution in [0.3, 0.4) is 0 Å². The van der Waals surface area contributed by atoms with Crippen LogP contribution < -0.4 is 5.32 Å². The van der Waals surface area contributed by atoms with Gasteiger partial charge in [0.15, 0.2) is 11.0 Å². The van der Waals surface area contributed by atoms with Gasteiger partial charge in [0.1, 0.15) is 5.00 Å². The number of fused-ring (bicyclic) bond motifs is 1. The highest BCUT2D eigenvalue weighted by molar-refractivity contribution is 7.99. The Morgan fingerprint density at radius 1 is 1.21 bits per heavy atom. The molecule has 0 atom stereocenters. The van der Waals surface area contributed by atoms with E-state index in [4.69, 9.17) is 4.74 Å².